The van der Waals surface area contributed by atoms with Crippen molar-refractivity contribution < 1.29 is 18.3 Å². The van der Waals surface area contributed by atoms with E-state index < -0.39 is 16.0 Å². The first-order chi connectivity index (χ1) is 10.3. The van der Waals surface area contributed by atoms with Crippen molar-refractivity contribution in [2.75, 3.05) is 6.54 Å². The highest BCUT2D eigenvalue weighted by Gasteiger charge is 2.17. The van der Waals surface area contributed by atoms with E-state index in [4.69, 9.17) is 5.11 Å². The summed E-state index contributed by atoms with van der Waals surface area (Å²) in [7, 11) is -1.96. The van der Waals surface area contributed by atoms with Crippen LogP contribution in [0.2, 0.25) is 0 Å². The molecule has 0 aliphatic heterocycles. The maximum Gasteiger partial charge on any atom is 0.335 e. The number of hydrogen-bond acceptors (Lipinski definition) is 5. The number of carbonyl (C=O) groups is 1. The molecule has 0 saturated carbocycles. The summed E-state index contributed by atoms with van der Waals surface area (Å²) in [4.78, 5) is 10.9. The molecule has 0 radical (unpaired) electrons. The van der Waals surface area contributed by atoms with Gasteiger partial charge in [-0.1, -0.05) is 5.21 Å². The van der Waals surface area contributed by atoms with E-state index in [9.17, 15) is 13.2 Å². The molecule has 2 aromatic rings. The Balaban J connectivity index is 2.08. The fourth-order valence-corrected chi connectivity index (χ4v) is 3.24. The van der Waals surface area contributed by atoms with Gasteiger partial charge in [0.15, 0.2) is 0 Å². The molecule has 0 aliphatic carbocycles. The lowest BCUT2D eigenvalue weighted by Crippen LogP contribution is -2.26. The van der Waals surface area contributed by atoms with Gasteiger partial charge in [0, 0.05) is 26.2 Å². The Morgan fingerprint density at radius 1 is 1.41 bits per heavy atom. The van der Waals surface area contributed by atoms with E-state index in [-0.39, 0.29) is 17.0 Å². The largest absolute Gasteiger partial charge is 0.478 e. The summed E-state index contributed by atoms with van der Waals surface area (Å²) in [6.45, 7) is 1.74. The van der Waals surface area contributed by atoms with Gasteiger partial charge in [-0.25, -0.2) is 17.9 Å². The molecular weight excluding hydrogens is 308 g/mol. The van der Waals surface area contributed by atoms with Crippen LogP contribution < -0.4 is 4.72 Å². The van der Waals surface area contributed by atoms with Gasteiger partial charge in [-0.15, -0.1) is 5.10 Å². The summed E-state index contributed by atoms with van der Waals surface area (Å²) >= 11 is 0. The van der Waals surface area contributed by atoms with E-state index in [0.717, 1.165) is 0 Å². The Hall–Kier alpha value is -2.26. The number of aromatic carboxylic acids is 1. The minimum atomic E-state index is -3.69. The number of rotatable bonds is 6. The van der Waals surface area contributed by atoms with Gasteiger partial charge in [0.2, 0.25) is 10.0 Å². The van der Waals surface area contributed by atoms with E-state index in [1.54, 1.807) is 24.9 Å². The summed E-state index contributed by atoms with van der Waals surface area (Å²) < 4.78 is 28.5. The molecule has 2 rings (SSSR count). The van der Waals surface area contributed by atoms with Crippen molar-refractivity contribution in [1.29, 1.82) is 0 Å². The number of carboxylic acid groups (broad SMARTS) is 1. The first kappa shape index (κ1) is 16.1. The van der Waals surface area contributed by atoms with Gasteiger partial charge in [-0.2, -0.15) is 0 Å². The van der Waals surface area contributed by atoms with E-state index in [1.807, 2.05) is 0 Å². The Bertz CT molecular complexity index is 798. The van der Waals surface area contributed by atoms with E-state index in [1.165, 1.54) is 18.2 Å². The van der Waals surface area contributed by atoms with Crippen molar-refractivity contribution in [3.8, 4) is 0 Å². The molecule has 0 unspecified atom stereocenters. The van der Waals surface area contributed by atoms with E-state index in [2.05, 4.69) is 15.0 Å². The van der Waals surface area contributed by atoms with Gasteiger partial charge in [-0.3, -0.25) is 4.68 Å². The standard InChI is InChI=1S/C13H16N4O4S/c1-9-7-10(13(18)19)3-4-12(9)22(20,21)14-6-5-11-8-17(2)16-15-11/h3-4,7-8,14H,5-6H2,1-2H3,(H,18,19). The van der Waals surface area contributed by atoms with Gasteiger partial charge in [0.25, 0.3) is 0 Å². The molecule has 0 fully saturated rings. The van der Waals surface area contributed by atoms with Gasteiger partial charge < -0.3 is 5.11 Å². The topological polar surface area (TPSA) is 114 Å². The normalized spacial score (nSPS) is 11.5. The van der Waals surface area contributed by atoms with Crippen LogP contribution in [0.1, 0.15) is 21.6 Å². The smallest absolute Gasteiger partial charge is 0.335 e. The zero-order valence-electron chi connectivity index (χ0n) is 12.1. The number of aromatic nitrogens is 3. The summed E-state index contributed by atoms with van der Waals surface area (Å²) in [5.74, 6) is -1.09. The zero-order chi connectivity index (χ0) is 16.3. The van der Waals surface area contributed by atoms with Crippen LogP contribution in [0.4, 0.5) is 0 Å². The number of benzene rings is 1. The summed E-state index contributed by atoms with van der Waals surface area (Å²) in [5, 5.41) is 16.5. The van der Waals surface area contributed by atoms with Crippen molar-refractivity contribution in [3.05, 3.63) is 41.2 Å². The Morgan fingerprint density at radius 3 is 2.68 bits per heavy atom. The second-order valence-electron chi connectivity index (χ2n) is 4.82. The summed E-state index contributed by atoms with van der Waals surface area (Å²) in [6, 6.07) is 3.90. The molecule has 118 valence electrons. The van der Waals surface area contributed by atoms with E-state index >= 15 is 0 Å². The maximum absolute atomic E-state index is 12.2. The highest BCUT2D eigenvalue weighted by atomic mass is 32.2. The minimum Gasteiger partial charge on any atom is -0.478 e. The zero-order valence-corrected chi connectivity index (χ0v) is 13.0. The first-order valence-corrected chi connectivity index (χ1v) is 7.97. The molecule has 1 aromatic carbocycles. The van der Waals surface area contributed by atoms with Crippen LogP contribution in [0.5, 0.6) is 0 Å². The maximum atomic E-state index is 12.2. The van der Waals surface area contributed by atoms with E-state index in [0.29, 0.717) is 17.7 Å². The number of nitrogens with one attached hydrogen (secondary N) is 1. The van der Waals surface area contributed by atoms with Crippen LogP contribution in [0.25, 0.3) is 0 Å². The highest BCUT2D eigenvalue weighted by molar-refractivity contribution is 7.89. The number of sulfonamides is 1. The van der Waals surface area contributed by atoms with Gasteiger partial charge in [-0.05, 0) is 30.7 Å². The molecule has 8 nitrogen and oxygen atoms in total. The SMILES string of the molecule is Cc1cc(C(=O)O)ccc1S(=O)(=O)NCCc1cn(C)nn1. The molecular formula is C13H16N4O4S. The molecule has 0 spiro atoms. The third kappa shape index (κ3) is 3.68. The van der Waals surface area contributed by atoms with Crippen molar-refractivity contribution in [3.63, 3.8) is 0 Å². The van der Waals surface area contributed by atoms with Gasteiger partial charge >= 0.3 is 5.97 Å². The number of aryl methyl sites for hydroxylation is 2. The number of hydrogen-bond donors (Lipinski definition) is 2. The average molecular weight is 324 g/mol. The van der Waals surface area contributed by atoms with Crippen LogP contribution in [0, 0.1) is 6.92 Å². The Kier molecular flexibility index (Phi) is 4.57. The van der Waals surface area contributed by atoms with Crippen LogP contribution >= 0.6 is 0 Å². The number of nitrogens with zero attached hydrogens (tertiary/aromatic N) is 3. The summed E-state index contributed by atoms with van der Waals surface area (Å²) in [5.41, 5.74) is 1.12. The van der Waals surface area contributed by atoms with Crippen LogP contribution in [0.3, 0.4) is 0 Å². The average Bonchev–Trinajstić information content (AvgIpc) is 2.83. The van der Waals surface area contributed by atoms with Gasteiger partial charge in [0.05, 0.1) is 16.2 Å². The third-order valence-electron chi connectivity index (χ3n) is 3.03. The van der Waals surface area contributed by atoms with Crippen molar-refractivity contribution in [2.24, 2.45) is 7.05 Å². The molecule has 1 heterocycles. The molecule has 0 bridgehead atoms. The van der Waals surface area contributed by atoms with Crippen LogP contribution in [-0.4, -0.2) is 41.0 Å². The predicted molar refractivity (Wildman–Crippen MR) is 78.0 cm³/mol. The number of carboxylic acids is 1. The molecule has 9 heteroatoms. The molecule has 0 amide bonds. The Morgan fingerprint density at radius 2 is 2.14 bits per heavy atom. The second kappa shape index (κ2) is 6.24. The molecule has 0 saturated heterocycles. The fourth-order valence-electron chi connectivity index (χ4n) is 1.99. The lowest BCUT2D eigenvalue weighted by molar-refractivity contribution is 0.0696. The predicted octanol–water partition coefficient (Wildman–Crippen LogP) is 0.343. The van der Waals surface area contributed by atoms with Crippen LogP contribution in [0.15, 0.2) is 29.3 Å². The monoisotopic (exact) mass is 324 g/mol. The molecule has 0 aliphatic rings. The Labute approximate surface area is 127 Å². The lowest BCUT2D eigenvalue weighted by atomic mass is 10.1. The van der Waals surface area contributed by atoms with Crippen LogP contribution in [-0.2, 0) is 23.5 Å². The molecule has 0 atom stereocenters. The van der Waals surface area contributed by atoms with Crippen molar-refractivity contribution in [1.82, 2.24) is 19.7 Å². The fraction of sp³-hybridized carbons (Fsp3) is 0.308. The quantitative estimate of drug-likeness (QED) is 0.792. The molecule has 2 N–H and O–H groups in total. The molecule has 22 heavy (non-hydrogen) atoms. The van der Waals surface area contributed by atoms with Crippen molar-refractivity contribution >= 4 is 16.0 Å². The van der Waals surface area contributed by atoms with Gasteiger partial charge in [0.1, 0.15) is 0 Å². The van der Waals surface area contributed by atoms with Crippen molar-refractivity contribution in [2.45, 2.75) is 18.2 Å². The lowest BCUT2D eigenvalue weighted by Gasteiger charge is -2.09. The summed E-state index contributed by atoms with van der Waals surface area (Å²) in [6.07, 6.45) is 2.13. The molecule has 1 aromatic heterocycles. The second-order valence-corrected chi connectivity index (χ2v) is 6.55. The first-order valence-electron chi connectivity index (χ1n) is 6.48. The highest BCUT2D eigenvalue weighted by Crippen LogP contribution is 2.16. The third-order valence-corrected chi connectivity index (χ3v) is 4.66. The minimum absolute atomic E-state index is 0.0519.